The van der Waals surface area contributed by atoms with E-state index < -0.39 is 0 Å². The van der Waals surface area contributed by atoms with Gasteiger partial charge in [-0.2, -0.15) is 10.1 Å². The molecule has 0 atom stereocenters. The summed E-state index contributed by atoms with van der Waals surface area (Å²) in [4.78, 5) is 4.52. The molecule has 0 aliphatic heterocycles. The van der Waals surface area contributed by atoms with Gasteiger partial charge in [0, 0.05) is 16.2 Å². The molecule has 0 unspecified atom stereocenters. The minimum absolute atomic E-state index is 0.507. The van der Waals surface area contributed by atoms with E-state index in [1.165, 1.54) is 32.1 Å². The van der Waals surface area contributed by atoms with Crippen LogP contribution in [0.5, 0.6) is 0 Å². The van der Waals surface area contributed by atoms with Crippen LogP contribution in [-0.2, 0) is 0 Å². The monoisotopic (exact) mass is 361 g/mol. The van der Waals surface area contributed by atoms with Crippen molar-refractivity contribution in [2.24, 2.45) is 0 Å². The Morgan fingerprint density at radius 1 is 1.18 bits per heavy atom. The van der Waals surface area contributed by atoms with Crippen molar-refractivity contribution in [1.82, 2.24) is 15.2 Å². The number of hydrogen-bond donors (Lipinski definition) is 2. The molecule has 3 rings (SSSR count). The Balaban J connectivity index is 1.70. The summed E-state index contributed by atoms with van der Waals surface area (Å²) in [6, 6.07) is 6.56. The number of halogens is 1. The molecule has 1 aromatic carbocycles. The Morgan fingerprint density at radius 2 is 2.00 bits per heavy atom. The summed E-state index contributed by atoms with van der Waals surface area (Å²) in [6.07, 6.45) is 8.03. The van der Waals surface area contributed by atoms with Gasteiger partial charge in [0.05, 0.1) is 6.20 Å². The molecule has 1 fully saturated rings. The second-order valence-electron chi connectivity index (χ2n) is 5.73. The molecule has 0 radical (unpaired) electrons. The predicted octanol–water partition coefficient (Wildman–Crippen LogP) is 4.43. The zero-order valence-electron chi connectivity index (χ0n) is 12.6. The third-order valence-electron chi connectivity index (χ3n) is 3.95. The number of aromatic nitrogens is 3. The Bertz CT molecular complexity index is 640. The summed E-state index contributed by atoms with van der Waals surface area (Å²) in [7, 11) is 0. The first-order valence-corrected chi connectivity index (χ1v) is 8.49. The lowest BCUT2D eigenvalue weighted by Crippen LogP contribution is -2.23. The fourth-order valence-electron chi connectivity index (χ4n) is 2.77. The van der Waals surface area contributed by atoms with Crippen molar-refractivity contribution >= 4 is 33.4 Å². The molecule has 0 spiro atoms. The van der Waals surface area contributed by atoms with Gasteiger partial charge in [-0.15, -0.1) is 5.10 Å². The molecule has 2 N–H and O–H groups in total. The lowest BCUT2D eigenvalue weighted by atomic mass is 9.96. The van der Waals surface area contributed by atoms with Crippen molar-refractivity contribution in [3.8, 4) is 0 Å². The number of rotatable bonds is 4. The van der Waals surface area contributed by atoms with Gasteiger partial charge >= 0.3 is 0 Å². The van der Waals surface area contributed by atoms with Crippen molar-refractivity contribution in [3.05, 3.63) is 34.4 Å². The van der Waals surface area contributed by atoms with E-state index in [1.807, 2.05) is 19.1 Å². The van der Waals surface area contributed by atoms with Gasteiger partial charge in [0.15, 0.2) is 5.82 Å². The summed E-state index contributed by atoms with van der Waals surface area (Å²) in [5.74, 6) is 1.31. The fourth-order valence-corrected chi connectivity index (χ4v) is 3.25. The molecule has 0 amide bonds. The van der Waals surface area contributed by atoms with Crippen LogP contribution in [0.2, 0.25) is 0 Å². The van der Waals surface area contributed by atoms with Crippen LogP contribution in [0.3, 0.4) is 0 Å². The van der Waals surface area contributed by atoms with Gasteiger partial charge in [0.2, 0.25) is 5.95 Å². The molecule has 1 saturated carbocycles. The number of benzene rings is 1. The molecule has 0 bridgehead atoms. The Morgan fingerprint density at radius 3 is 2.77 bits per heavy atom. The second kappa shape index (κ2) is 7.05. The van der Waals surface area contributed by atoms with E-state index >= 15 is 0 Å². The van der Waals surface area contributed by atoms with Crippen LogP contribution in [0.1, 0.15) is 37.7 Å². The molecule has 0 saturated heterocycles. The van der Waals surface area contributed by atoms with E-state index in [1.54, 1.807) is 6.20 Å². The Labute approximate surface area is 139 Å². The van der Waals surface area contributed by atoms with E-state index in [0.29, 0.717) is 12.0 Å². The topological polar surface area (TPSA) is 62.7 Å². The SMILES string of the molecule is Cc1cc(Br)ccc1Nc1nncc(NC2CCCCC2)n1. The minimum atomic E-state index is 0.507. The van der Waals surface area contributed by atoms with Gasteiger partial charge < -0.3 is 10.6 Å². The number of anilines is 3. The van der Waals surface area contributed by atoms with Crippen LogP contribution in [0, 0.1) is 6.92 Å². The first kappa shape index (κ1) is 15.2. The van der Waals surface area contributed by atoms with Crippen LogP contribution in [-0.4, -0.2) is 21.2 Å². The molecular formula is C16H20BrN5. The van der Waals surface area contributed by atoms with Crippen LogP contribution in [0.15, 0.2) is 28.9 Å². The number of hydrogen-bond acceptors (Lipinski definition) is 5. The normalized spacial score (nSPS) is 15.5. The molecule has 5 nitrogen and oxygen atoms in total. The smallest absolute Gasteiger partial charge is 0.249 e. The molecule has 1 aromatic heterocycles. The largest absolute Gasteiger partial charge is 0.366 e. The quantitative estimate of drug-likeness (QED) is 0.843. The highest BCUT2D eigenvalue weighted by Gasteiger charge is 2.14. The maximum absolute atomic E-state index is 4.52. The van der Waals surface area contributed by atoms with Crippen molar-refractivity contribution < 1.29 is 0 Å². The third kappa shape index (κ3) is 3.94. The molecule has 6 heteroatoms. The van der Waals surface area contributed by atoms with E-state index in [4.69, 9.17) is 0 Å². The lowest BCUT2D eigenvalue weighted by Gasteiger charge is -2.23. The van der Waals surface area contributed by atoms with Crippen LogP contribution in [0.4, 0.5) is 17.5 Å². The fraction of sp³-hybridized carbons (Fsp3) is 0.438. The van der Waals surface area contributed by atoms with Crippen molar-refractivity contribution in [2.75, 3.05) is 10.6 Å². The van der Waals surface area contributed by atoms with Crippen molar-refractivity contribution in [1.29, 1.82) is 0 Å². The third-order valence-corrected chi connectivity index (χ3v) is 4.44. The highest BCUT2D eigenvalue weighted by Crippen LogP contribution is 2.23. The van der Waals surface area contributed by atoms with E-state index in [9.17, 15) is 0 Å². The number of nitrogens with one attached hydrogen (secondary N) is 2. The molecule has 22 heavy (non-hydrogen) atoms. The van der Waals surface area contributed by atoms with Crippen LogP contribution >= 0.6 is 15.9 Å². The summed E-state index contributed by atoms with van der Waals surface area (Å²) >= 11 is 3.47. The van der Waals surface area contributed by atoms with Gasteiger partial charge in [0.1, 0.15) is 0 Å². The lowest BCUT2D eigenvalue weighted by molar-refractivity contribution is 0.461. The number of nitrogens with zero attached hydrogens (tertiary/aromatic N) is 3. The van der Waals surface area contributed by atoms with Crippen LogP contribution in [0.25, 0.3) is 0 Å². The average molecular weight is 362 g/mol. The molecule has 2 aromatic rings. The Kier molecular flexibility index (Phi) is 4.87. The van der Waals surface area contributed by atoms with E-state index in [2.05, 4.69) is 47.8 Å². The van der Waals surface area contributed by atoms with Gasteiger partial charge in [-0.3, -0.25) is 0 Å². The second-order valence-corrected chi connectivity index (χ2v) is 6.64. The zero-order chi connectivity index (χ0) is 15.4. The minimum Gasteiger partial charge on any atom is -0.366 e. The molecule has 1 aliphatic carbocycles. The maximum Gasteiger partial charge on any atom is 0.249 e. The van der Waals surface area contributed by atoms with E-state index in [0.717, 1.165) is 21.5 Å². The van der Waals surface area contributed by atoms with E-state index in [-0.39, 0.29) is 0 Å². The molecular weight excluding hydrogens is 342 g/mol. The summed E-state index contributed by atoms with van der Waals surface area (Å²) < 4.78 is 1.06. The summed E-state index contributed by atoms with van der Waals surface area (Å²) in [6.45, 7) is 2.05. The zero-order valence-corrected chi connectivity index (χ0v) is 14.2. The Hall–Kier alpha value is -1.69. The molecule has 1 heterocycles. The van der Waals surface area contributed by atoms with Gasteiger partial charge in [-0.05, 0) is 43.5 Å². The molecule has 1 aliphatic rings. The average Bonchev–Trinajstić information content (AvgIpc) is 2.52. The maximum atomic E-state index is 4.52. The number of aryl methyl sites for hydroxylation is 1. The summed E-state index contributed by atoms with van der Waals surface area (Å²) in [5.41, 5.74) is 2.11. The van der Waals surface area contributed by atoms with Gasteiger partial charge in [-0.25, -0.2) is 0 Å². The van der Waals surface area contributed by atoms with Crippen LogP contribution < -0.4 is 10.6 Å². The molecule has 116 valence electrons. The predicted molar refractivity (Wildman–Crippen MR) is 92.5 cm³/mol. The highest BCUT2D eigenvalue weighted by molar-refractivity contribution is 9.10. The standard InChI is InChI=1S/C16H20BrN5/c1-11-9-12(17)7-8-14(11)20-16-21-15(10-18-22-16)19-13-5-3-2-4-6-13/h7-10,13H,2-6H2,1H3,(H2,19,20,21,22). The van der Waals surface area contributed by atoms with Crippen molar-refractivity contribution in [3.63, 3.8) is 0 Å². The summed E-state index contributed by atoms with van der Waals surface area (Å²) in [5, 5.41) is 14.8. The first-order valence-electron chi connectivity index (χ1n) is 7.70. The van der Waals surface area contributed by atoms with Gasteiger partial charge in [-0.1, -0.05) is 35.2 Å². The highest BCUT2D eigenvalue weighted by atomic mass is 79.9. The first-order chi connectivity index (χ1) is 10.7. The van der Waals surface area contributed by atoms with Gasteiger partial charge in [0.25, 0.3) is 0 Å². The van der Waals surface area contributed by atoms with Crippen molar-refractivity contribution in [2.45, 2.75) is 45.1 Å².